The highest BCUT2D eigenvalue weighted by atomic mass is 35.5. The molecular formula is C20H21ClF3N3O4. The van der Waals surface area contributed by atoms with Gasteiger partial charge in [0, 0.05) is 29.5 Å². The normalized spacial score (nSPS) is 19.5. The van der Waals surface area contributed by atoms with Crippen molar-refractivity contribution in [2.24, 2.45) is 0 Å². The molecule has 168 valence electrons. The van der Waals surface area contributed by atoms with E-state index in [1.807, 2.05) is 0 Å². The van der Waals surface area contributed by atoms with Gasteiger partial charge in [-0.05, 0) is 37.0 Å². The summed E-state index contributed by atoms with van der Waals surface area (Å²) in [5.41, 5.74) is 1.12. The SMILES string of the molecule is C=C(CCc1nnc([C@H]2C[C@@H](OC(F)(F)F)C2)o1)NC(=O)C(O)Cc1ccc(Cl)cc1. The number of aryl methyl sites for hydroxylation is 1. The number of aliphatic hydroxyl groups excluding tert-OH is 1. The Morgan fingerprint density at radius 3 is 2.65 bits per heavy atom. The van der Waals surface area contributed by atoms with Crippen molar-refractivity contribution < 1.29 is 32.2 Å². The molecule has 1 unspecified atom stereocenters. The van der Waals surface area contributed by atoms with Crippen molar-refractivity contribution in [2.45, 2.75) is 56.6 Å². The Kier molecular flexibility index (Phi) is 7.34. The summed E-state index contributed by atoms with van der Waals surface area (Å²) in [7, 11) is 0. The molecule has 2 N–H and O–H groups in total. The van der Waals surface area contributed by atoms with Gasteiger partial charge in [0.1, 0.15) is 6.10 Å². The second-order valence-electron chi connectivity index (χ2n) is 7.33. The van der Waals surface area contributed by atoms with Crippen LogP contribution in [-0.4, -0.2) is 39.8 Å². The molecule has 1 saturated carbocycles. The lowest BCUT2D eigenvalue weighted by Crippen LogP contribution is -2.35. The van der Waals surface area contributed by atoms with Gasteiger partial charge in [0.05, 0.1) is 6.10 Å². The summed E-state index contributed by atoms with van der Waals surface area (Å²) in [6.07, 6.45) is -5.76. The second-order valence-corrected chi connectivity index (χ2v) is 7.76. The van der Waals surface area contributed by atoms with Gasteiger partial charge in [0.2, 0.25) is 11.8 Å². The van der Waals surface area contributed by atoms with Crippen LogP contribution < -0.4 is 5.32 Å². The number of nitrogens with one attached hydrogen (secondary N) is 1. The van der Waals surface area contributed by atoms with E-state index >= 15 is 0 Å². The van der Waals surface area contributed by atoms with Crippen molar-refractivity contribution in [1.82, 2.24) is 15.5 Å². The van der Waals surface area contributed by atoms with E-state index in [9.17, 15) is 23.1 Å². The highest BCUT2D eigenvalue weighted by molar-refractivity contribution is 6.30. The van der Waals surface area contributed by atoms with Gasteiger partial charge in [0.15, 0.2) is 0 Å². The van der Waals surface area contributed by atoms with Crippen LogP contribution in [0.4, 0.5) is 13.2 Å². The predicted molar refractivity (Wildman–Crippen MR) is 104 cm³/mol. The van der Waals surface area contributed by atoms with Crippen LogP contribution in [-0.2, 0) is 22.4 Å². The molecule has 31 heavy (non-hydrogen) atoms. The molecular weight excluding hydrogens is 439 g/mol. The molecule has 0 bridgehead atoms. The van der Waals surface area contributed by atoms with Gasteiger partial charge in [0.25, 0.3) is 5.91 Å². The van der Waals surface area contributed by atoms with E-state index < -0.39 is 24.5 Å². The largest absolute Gasteiger partial charge is 0.522 e. The predicted octanol–water partition coefficient (Wildman–Crippen LogP) is 3.67. The minimum absolute atomic E-state index is 0.129. The number of carbonyl (C=O) groups excluding carboxylic acids is 1. The first-order chi connectivity index (χ1) is 14.6. The number of aromatic nitrogens is 2. The van der Waals surface area contributed by atoms with E-state index in [1.165, 1.54) is 0 Å². The standard InChI is InChI=1S/C20H21ClF3N3O4/c1-11(25-18(29)16(28)8-12-3-5-14(21)6-4-12)2-7-17-26-27-19(30-17)13-9-15(10-13)31-20(22,23)24/h3-6,13,15-16,28H,1-2,7-10H2,(H,25,29)/t13-,15+,16?. The molecule has 1 aliphatic carbocycles. The first kappa shape index (κ1) is 23.2. The zero-order valence-corrected chi connectivity index (χ0v) is 17.1. The molecule has 1 aromatic heterocycles. The summed E-state index contributed by atoms with van der Waals surface area (Å²) in [6, 6.07) is 6.79. The highest BCUT2D eigenvalue weighted by Gasteiger charge is 2.42. The van der Waals surface area contributed by atoms with E-state index in [0.717, 1.165) is 5.56 Å². The molecule has 1 heterocycles. The van der Waals surface area contributed by atoms with Crippen molar-refractivity contribution in [3.8, 4) is 0 Å². The fourth-order valence-corrected chi connectivity index (χ4v) is 3.23. The zero-order chi connectivity index (χ0) is 22.6. The number of hydrogen-bond donors (Lipinski definition) is 2. The third kappa shape index (κ3) is 7.05. The van der Waals surface area contributed by atoms with Crippen LogP contribution in [0.2, 0.25) is 5.02 Å². The number of halogens is 4. The minimum atomic E-state index is -4.65. The lowest BCUT2D eigenvalue weighted by atomic mass is 9.82. The molecule has 0 radical (unpaired) electrons. The van der Waals surface area contributed by atoms with Crippen LogP contribution in [0, 0.1) is 0 Å². The first-order valence-corrected chi connectivity index (χ1v) is 9.95. The topological polar surface area (TPSA) is 97.5 Å². The van der Waals surface area contributed by atoms with Gasteiger partial charge >= 0.3 is 6.36 Å². The summed E-state index contributed by atoms with van der Waals surface area (Å²) in [5.74, 6) is -0.298. The molecule has 1 aliphatic rings. The van der Waals surface area contributed by atoms with Crippen LogP contribution >= 0.6 is 11.6 Å². The summed E-state index contributed by atoms with van der Waals surface area (Å²) in [4.78, 5) is 12.1. The van der Waals surface area contributed by atoms with E-state index in [1.54, 1.807) is 24.3 Å². The smallest absolute Gasteiger partial charge is 0.425 e. The molecule has 1 fully saturated rings. The number of rotatable bonds is 9. The summed E-state index contributed by atoms with van der Waals surface area (Å²) in [5, 5.41) is 20.9. The van der Waals surface area contributed by atoms with E-state index in [-0.39, 0.29) is 43.4 Å². The average molecular weight is 460 g/mol. The molecule has 7 nitrogen and oxygen atoms in total. The fraction of sp³-hybridized carbons (Fsp3) is 0.450. The third-order valence-corrected chi connectivity index (χ3v) is 5.06. The molecule has 0 aliphatic heterocycles. The molecule has 3 rings (SSSR count). The molecule has 0 saturated heterocycles. The number of amides is 1. The Balaban J connectivity index is 1.39. The van der Waals surface area contributed by atoms with Crippen LogP contribution in [0.5, 0.6) is 0 Å². The number of ether oxygens (including phenoxy) is 1. The van der Waals surface area contributed by atoms with Crippen molar-refractivity contribution >= 4 is 17.5 Å². The number of nitrogens with zero attached hydrogens (tertiary/aromatic N) is 2. The quantitative estimate of drug-likeness (QED) is 0.594. The van der Waals surface area contributed by atoms with Crippen molar-refractivity contribution in [3.05, 3.63) is 58.9 Å². The summed E-state index contributed by atoms with van der Waals surface area (Å²) >= 11 is 5.81. The monoisotopic (exact) mass is 459 g/mol. The van der Waals surface area contributed by atoms with E-state index in [4.69, 9.17) is 16.0 Å². The molecule has 1 atom stereocenters. The van der Waals surface area contributed by atoms with Gasteiger partial charge in [-0.25, -0.2) is 0 Å². The number of aliphatic hydroxyl groups is 1. The molecule has 2 aromatic rings. The summed E-state index contributed by atoms with van der Waals surface area (Å²) < 4.78 is 45.9. The molecule has 11 heteroatoms. The number of benzene rings is 1. The Morgan fingerprint density at radius 1 is 1.32 bits per heavy atom. The zero-order valence-electron chi connectivity index (χ0n) is 16.4. The maximum absolute atomic E-state index is 12.2. The van der Waals surface area contributed by atoms with E-state index in [0.29, 0.717) is 17.1 Å². The Hall–Kier alpha value is -2.43. The van der Waals surface area contributed by atoms with Gasteiger partial charge < -0.3 is 14.8 Å². The van der Waals surface area contributed by atoms with Crippen molar-refractivity contribution in [2.75, 3.05) is 0 Å². The maximum Gasteiger partial charge on any atom is 0.522 e. The van der Waals surface area contributed by atoms with Gasteiger partial charge in [-0.1, -0.05) is 30.3 Å². The van der Waals surface area contributed by atoms with Gasteiger partial charge in [-0.15, -0.1) is 23.4 Å². The van der Waals surface area contributed by atoms with Crippen molar-refractivity contribution in [3.63, 3.8) is 0 Å². The number of allylic oxidation sites excluding steroid dienone is 1. The lowest BCUT2D eigenvalue weighted by molar-refractivity contribution is -0.352. The summed E-state index contributed by atoms with van der Waals surface area (Å²) in [6.45, 7) is 3.75. The number of carbonyl (C=O) groups is 1. The van der Waals surface area contributed by atoms with Crippen LogP contribution in [0.15, 0.2) is 41.0 Å². The maximum atomic E-state index is 12.2. The van der Waals surface area contributed by atoms with Gasteiger partial charge in [-0.3, -0.25) is 9.53 Å². The third-order valence-electron chi connectivity index (χ3n) is 4.81. The Labute approximate surface area is 181 Å². The highest BCUT2D eigenvalue weighted by Crippen LogP contribution is 2.40. The fourth-order valence-electron chi connectivity index (χ4n) is 3.10. The number of alkyl halides is 3. The average Bonchev–Trinajstić information content (AvgIpc) is 3.12. The van der Waals surface area contributed by atoms with Crippen LogP contribution in [0.25, 0.3) is 0 Å². The Morgan fingerprint density at radius 2 is 2.00 bits per heavy atom. The van der Waals surface area contributed by atoms with Crippen LogP contribution in [0.3, 0.4) is 0 Å². The lowest BCUT2D eigenvalue weighted by Gasteiger charge is -2.32. The molecule has 0 spiro atoms. The van der Waals surface area contributed by atoms with Gasteiger partial charge in [-0.2, -0.15) is 0 Å². The van der Waals surface area contributed by atoms with Crippen molar-refractivity contribution in [1.29, 1.82) is 0 Å². The number of hydrogen-bond acceptors (Lipinski definition) is 6. The minimum Gasteiger partial charge on any atom is -0.425 e. The van der Waals surface area contributed by atoms with Crippen LogP contribution in [0.1, 0.15) is 42.5 Å². The molecule has 1 aromatic carbocycles. The second kappa shape index (κ2) is 9.80. The first-order valence-electron chi connectivity index (χ1n) is 9.57. The Bertz CT molecular complexity index is 911. The van der Waals surface area contributed by atoms with E-state index in [2.05, 4.69) is 26.8 Å². The molecule has 1 amide bonds.